The van der Waals surface area contributed by atoms with Crippen LogP contribution in [0.15, 0.2) is 97.1 Å². The predicted molar refractivity (Wildman–Crippen MR) is 166 cm³/mol. The first-order valence-corrected chi connectivity index (χ1v) is 14.3. The standard InChI is InChI=1S/C35H36N4O2/c1-25-11-4-6-13-29(25)35(23-27-12-5-7-14-30(27)36-35)28-19-17-26(18-20-28)34(41)39-24-33(40)38(22-10-21-37(2)3)31-15-8-9-16-32(31)39/h4-9,11-20,36H,10,21-24H2,1-3H3. The molecule has 0 fully saturated rings. The Morgan fingerprint density at radius 1 is 0.878 bits per heavy atom. The molecule has 1 N–H and O–H groups in total. The van der Waals surface area contributed by atoms with Crippen molar-refractivity contribution in [3.8, 4) is 0 Å². The van der Waals surface area contributed by atoms with E-state index in [1.54, 1.807) is 4.90 Å². The largest absolute Gasteiger partial charge is 0.371 e. The molecular formula is C35H36N4O2. The summed E-state index contributed by atoms with van der Waals surface area (Å²) in [5.41, 5.74) is 7.64. The van der Waals surface area contributed by atoms with Crippen molar-refractivity contribution in [2.75, 3.05) is 48.8 Å². The highest BCUT2D eigenvalue weighted by molar-refractivity contribution is 6.15. The van der Waals surface area contributed by atoms with E-state index in [-0.39, 0.29) is 18.4 Å². The molecule has 2 aliphatic rings. The first-order chi connectivity index (χ1) is 19.9. The third-order valence-corrected chi connectivity index (χ3v) is 8.34. The van der Waals surface area contributed by atoms with Gasteiger partial charge in [0.05, 0.1) is 16.9 Å². The number of rotatable bonds is 7. The Kier molecular flexibility index (Phi) is 7.10. The van der Waals surface area contributed by atoms with Gasteiger partial charge in [0.15, 0.2) is 0 Å². The van der Waals surface area contributed by atoms with Gasteiger partial charge in [0.2, 0.25) is 5.91 Å². The van der Waals surface area contributed by atoms with Gasteiger partial charge in [-0.25, -0.2) is 0 Å². The number of amides is 2. The molecule has 4 aromatic rings. The van der Waals surface area contributed by atoms with E-state index in [4.69, 9.17) is 0 Å². The van der Waals surface area contributed by atoms with Gasteiger partial charge in [-0.05, 0) is 86.6 Å². The number of benzene rings is 4. The van der Waals surface area contributed by atoms with Gasteiger partial charge in [0.25, 0.3) is 5.91 Å². The summed E-state index contributed by atoms with van der Waals surface area (Å²) in [6.45, 7) is 3.70. The number of hydrogen-bond donors (Lipinski definition) is 1. The molecule has 41 heavy (non-hydrogen) atoms. The molecule has 2 aliphatic heterocycles. The molecule has 0 saturated heterocycles. The lowest BCUT2D eigenvalue weighted by atomic mass is 9.78. The second-order valence-corrected chi connectivity index (χ2v) is 11.3. The van der Waals surface area contributed by atoms with Crippen LogP contribution in [0.3, 0.4) is 0 Å². The van der Waals surface area contributed by atoms with Crippen molar-refractivity contribution in [2.45, 2.75) is 25.3 Å². The number of anilines is 3. The van der Waals surface area contributed by atoms with E-state index in [2.05, 4.69) is 77.8 Å². The molecule has 0 aliphatic carbocycles. The fraction of sp³-hybridized carbons (Fsp3) is 0.257. The molecule has 2 heterocycles. The maximum Gasteiger partial charge on any atom is 0.258 e. The fourth-order valence-corrected chi connectivity index (χ4v) is 6.29. The van der Waals surface area contributed by atoms with Crippen LogP contribution in [0.2, 0.25) is 0 Å². The van der Waals surface area contributed by atoms with Crippen LogP contribution in [0.4, 0.5) is 17.1 Å². The Balaban J connectivity index is 1.31. The Morgan fingerprint density at radius 2 is 1.56 bits per heavy atom. The molecule has 208 valence electrons. The number of carbonyl (C=O) groups is 2. The molecule has 6 nitrogen and oxygen atoms in total. The highest BCUT2D eigenvalue weighted by Crippen LogP contribution is 2.45. The summed E-state index contributed by atoms with van der Waals surface area (Å²) < 4.78 is 0. The average molecular weight is 545 g/mol. The molecule has 0 bridgehead atoms. The first kappa shape index (κ1) is 26.8. The number of para-hydroxylation sites is 3. The van der Waals surface area contributed by atoms with E-state index in [1.807, 2.05) is 55.4 Å². The smallest absolute Gasteiger partial charge is 0.258 e. The van der Waals surface area contributed by atoms with Crippen LogP contribution in [-0.4, -0.2) is 50.4 Å². The summed E-state index contributed by atoms with van der Waals surface area (Å²) >= 11 is 0. The van der Waals surface area contributed by atoms with E-state index >= 15 is 0 Å². The summed E-state index contributed by atoms with van der Waals surface area (Å²) in [6.07, 6.45) is 1.68. The SMILES string of the molecule is Cc1ccccc1C1(c2ccc(C(=O)N3CC(=O)N(CCCN(C)C)c4ccccc43)cc2)Cc2ccccc2N1. The third-order valence-electron chi connectivity index (χ3n) is 8.34. The first-order valence-electron chi connectivity index (χ1n) is 14.3. The normalized spacial score (nSPS) is 17.8. The zero-order chi connectivity index (χ0) is 28.6. The lowest BCUT2D eigenvalue weighted by molar-refractivity contribution is -0.117. The van der Waals surface area contributed by atoms with Gasteiger partial charge in [0, 0.05) is 24.2 Å². The minimum absolute atomic E-state index is 0.0313. The molecule has 2 amide bonds. The number of aryl methyl sites for hydroxylation is 1. The molecule has 0 aromatic heterocycles. The minimum atomic E-state index is -0.433. The molecular weight excluding hydrogens is 508 g/mol. The molecule has 0 saturated carbocycles. The number of fused-ring (bicyclic) bond motifs is 2. The molecule has 6 rings (SSSR count). The second kappa shape index (κ2) is 10.9. The molecule has 4 aromatic carbocycles. The lowest BCUT2D eigenvalue weighted by Crippen LogP contribution is -2.48. The Morgan fingerprint density at radius 3 is 2.29 bits per heavy atom. The quantitative estimate of drug-likeness (QED) is 0.317. The van der Waals surface area contributed by atoms with E-state index in [0.29, 0.717) is 12.1 Å². The Labute approximate surface area is 242 Å². The number of nitrogens with one attached hydrogen (secondary N) is 1. The maximum atomic E-state index is 13.9. The van der Waals surface area contributed by atoms with Crippen molar-refractivity contribution in [2.24, 2.45) is 0 Å². The van der Waals surface area contributed by atoms with Gasteiger partial charge in [0.1, 0.15) is 6.54 Å². The Hall–Kier alpha value is -4.42. The van der Waals surface area contributed by atoms with Crippen LogP contribution in [0.25, 0.3) is 0 Å². The molecule has 0 spiro atoms. The van der Waals surface area contributed by atoms with Gasteiger partial charge in [-0.1, -0.05) is 66.7 Å². The zero-order valence-corrected chi connectivity index (χ0v) is 23.9. The van der Waals surface area contributed by atoms with Crippen molar-refractivity contribution in [1.29, 1.82) is 0 Å². The predicted octanol–water partition coefficient (Wildman–Crippen LogP) is 5.85. The van der Waals surface area contributed by atoms with Crippen molar-refractivity contribution < 1.29 is 9.59 Å². The van der Waals surface area contributed by atoms with Gasteiger partial charge in [-0.3, -0.25) is 14.5 Å². The number of hydrogen-bond acceptors (Lipinski definition) is 4. The van der Waals surface area contributed by atoms with Gasteiger partial charge < -0.3 is 15.1 Å². The van der Waals surface area contributed by atoms with E-state index in [9.17, 15) is 9.59 Å². The fourth-order valence-electron chi connectivity index (χ4n) is 6.29. The summed E-state index contributed by atoms with van der Waals surface area (Å²) in [4.78, 5) is 32.7. The molecule has 1 atom stereocenters. The lowest BCUT2D eigenvalue weighted by Gasteiger charge is -2.36. The summed E-state index contributed by atoms with van der Waals surface area (Å²) in [7, 11) is 4.06. The molecule has 0 radical (unpaired) electrons. The van der Waals surface area contributed by atoms with Crippen molar-refractivity contribution in [3.63, 3.8) is 0 Å². The number of carbonyl (C=O) groups excluding carboxylic acids is 2. The van der Waals surface area contributed by atoms with E-state index in [0.717, 1.165) is 42.0 Å². The van der Waals surface area contributed by atoms with Crippen LogP contribution in [0.5, 0.6) is 0 Å². The van der Waals surface area contributed by atoms with Crippen LogP contribution in [0.1, 0.15) is 39.0 Å². The summed E-state index contributed by atoms with van der Waals surface area (Å²) in [5.74, 6) is -0.225. The Bertz CT molecular complexity index is 1570. The topological polar surface area (TPSA) is 55.9 Å². The van der Waals surface area contributed by atoms with Gasteiger partial charge >= 0.3 is 0 Å². The van der Waals surface area contributed by atoms with Crippen LogP contribution >= 0.6 is 0 Å². The van der Waals surface area contributed by atoms with E-state index in [1.165, 1.54) is 16.7 Å². The van der Waals surface area contributed by atoms with Crippen molar-refractivity contribution in [3.05, 3.63) is 125 Å². The second-order valence-electron chi connectivity index (χ2n) is 11.3. The highest BCUT2D eigenvalue weighted by Gasteiger charge is 2.41. The molecule has 1 unspecified atom stereocenters. The van der Waals surface area contributed by atoms with Crippen molar-refractivity contribution >= 4 is 28.9 Å². The van der Waals surface area contributed by atoms with Gasteiger partial charge in [-0.2, -0.15) is 0 Å². The highest BCUT2D eigenvalue weighted by atomic mass is 16.2. The van der Waals surface area contributed by atoms with E-state index < -0.39 is 5.54 Å². The van der Waals surface area contributed by atoms with Crippen LogP contribution in [0, 0.1) is 6.92 Å². The van der Waals surface area contributed by atoms with Gasteiger partial charge in [-0.15, -0.1) is 0 Å². The maximum absolute atomic E-state index is 13.9. The zero-order valence-electron chi connectivity index (χ0n) is 23.9. The van der Waals surface area contributed by atoms with Crippen LogP contribution < -0.4 is 15.1 Å². The minimum Gasteiger partial charge on any atom is -0.371 e. The molecule has 6 heteroatoms. The monoisotopic (exact) mass is 544 g/mol. The summed E-state index contributed by atoms with van der Waals surface area (Å²) in [5, 5.41) is 3.83. The third kappa shape index (κ3) is 4.89. The summed E-state index contributed by atoms with van der Waals surface area (Å²) in [6, 6.07) is 32.6. The van der Waals surface area contributed by atoms with Crippen molar-refractivity contribution in [1.82, 2.24) is 4.90 Å². The average Bonchev–Trinajstić information content (AvgIpc) is 3.38. The van der Waals surface area contributed by atoms with Crippen LogP contribution in [-0.2, 0) is 16.8 Å². The number of nitrogens with zero attached hydrogens (tertiary/aromatic N) is 3.